The van der Waals surface area contributed by atoms with Gasteiger partial charge in [-0.2, -0.15) is 0 Å². The summed E-state index contributed by atoms with van der Waals surface area (Å²) in [6.45, 7) is 7.95. The molecule has 23 heavy (non-hydrogen) atoms. The topological polar surface area (TPSA) is 37.4 Å². The molecule has 0 saturated carbocycles. The summed E-state index contributed by atoms with van der Waals surface area (Å²) in [4.78, 5) is 0.278. The maximum atomic E-state index is 12.8. The van der Waals surface area contributed by atoms with E-state index in [1.165, 1.54) is 4.31 Å². The maximum absolute atomic E-state index is 12.8. The van der Waals surface area contributed by atoms with Gasteiger partial charge in [0.15, 0.2) is 0 Å². The first-order valence-electron chi connectivity index (χ1n) is 7.88. The standard InChI is InChI=1S/C19H25NO2S/c1-4-6-8-10-16-20(17-11-9-7-5-2)23(21,22)19-14-12-18(3)13-15-19/h4,6,8,12-15H,1,5,7,9-10,16H2,2-3H3/b8-6-. The fourth-order valence-electron chi connectivity index (χ4n) is 1.87. The van der Waals surface area contributed by atoms with Crippen molar-refractivity contribution in [2.24, 2.45) is 0 Å². The smallest absolute Gasteiger partial charge is 0.224 e. The van der Waals surface area contributed by atoms with E-state index in [0.717, 1.165) is 18.4 Å². The van der Waals surface area contributed by atoms with Crippen molar-refractivity contribution in [3.05, 3.63) is 54.6 Å². The van der Waals surface area contributed by atoms with E-state index in [4.69, 9.17) is 0 Å². The summed E-state index contributed by atoms with van der Waals surface area (Å²) in [7, 11) is -3.59. The third-order valence-corrected chi connectivity index (χ3v) is 4.96. The van der Waals surface area contributed by atoms with Crippen molar-refractivity contribution in [1.82, 2.24) is 4.31 Å². The lowest BCUT2D eigenvalue weighted by Crippen LogP contribution is -2.27. The lowest BCUT2D eigenvalue weighted by atomic mass is 10.2. The Morgan fingerprint density at radius 2 is 1.96 bits per heavy atom. The first-order valence-corrected chi connectivity index (χ1v) is 9.32. The lowest BCUT2D eigenvalue weighted by Gasteiger charge is -2.17. The van der Waals surface area contributed by atoms with Crippen LogP contribution in [0.3, 0.4) is 0 Å². The number of aryl methyl sites for hydroxylation is 1. The molecule has 0 fully saturated rings. The second kappa shape index (κ2) is 9.91. The van der Waals surface area contributed by atoms with Gasteiger partial charge in [0, 0.05) is 19.0 Å². The highest BCUT2D eigenvalue weighted by atomic mass is 32.2. The molecular weight excluding hydrogens is 306 g/mol. The van der Waals surface area contributed by atoms with Crippen molar-refractivity contribution < 1.29 is 8.42 Å². The second-order valence-corrected chi connectivity index (χ2v) is 7.10. The van der Waals surface area contributed by atoms with Crippen molar-refractivity contribution in [2.45, 2.75) is 44.4 Å². The molecule has 0 aliphatic carbocycles. The van der Waals surface area contributed by atoms with Crippen LogP contribution in [0.15, 0.2) is 54.0 Å². The van der Waals surface area contributed by atoms with Gasteiger partial charge in [-0.1, -0.05) is 61.8 Å². The number of rotatable bonds is 8. The minimum atomic E-state index is -3.59. The normalized spacial score (nSPS) is 11.0. The number of hydrogen-bond acceptors (Lipinski definition) is 2. The largest absolute Gasteiger partial charge is 0.270 e. The van der Waals surface area contributed by atoms with E-state index in [1.807, 2.05) is 13.0 Å². The molecule has 0 radical (unpaired) electrons. The molecule has 124 valence electrons. The van der Waals surface area contributed by atoms with Gasteiger partial charge in [-0.05, 0) is 31.9 Å². The molecule has 1 rings (SSSR count). The van der Waals surface area contributed by atoms with Crippen LogP contribution in [0.5, 0.6) is 0 Å². The summed E-state index contributed by atoms with van der Waals surface area (Å²) < 4.78 is 26.8. The summed E-state index contributed by atoms with van der Waals surface area (Å²) in [5.41, 5.74) is 1.03. The molecule has 0 saturated heterocycles. The molecule has 0 aromatic heterocycles. The molecule has 3 nitrogen and oxygen atoms in total. The molecule has 0 atom stereocenters. The highest BCUT2D eigenvalue weighted by Crippen LogP contribution is 2.16. The molecular formula is C19H25NO2S. The molecule has 0 bridgehead atoms. The van der Waals surface area contributed by atoms with Gasteiger partial charge in [-0.3, -0.25) is 0 Å². The van der Waals surface area contributed by atoms with Crippen LogP contribution in [-0.2, 0) is 10.0 Å². The van der Waals surface area contributed by atoms with Crippen molar-refractivity contribution >= 4 is 10.0 Å². The zero-order chi connectivity index (χ0) is 17.1. The van der Waals surface area contributed by atoms with E-state index in [-0.39, 0.29) is 4.90 Å². The SMILES string of the molecule is C=C/C=C\CCN(C#CCCCC)S(=O)(=O)c1ccc(C)cc1. The fraction of sp³-hybridized carbons (Fsp3) is 0.368. The Balaban J connectivity index is 2.99. The Morgan fingerprint density at radius 1 is 1.26 bits per heavy atom. The lowest BCUT2D eigenvalue weighted by molar-refractivity contribution is 0.514. The Hall–Kier alpha value is -1.99. The van der Waals surface area contributed by atoms with E-state index >= 15 is 0 Å². The van der Waals surface area contributed by atoms with E-state index in [2.05, 4.69) is 25.5 Å². The molecule has 0 unspecified atom stereocenters. The summed E-state index contributed by atoms with van der Waals surface area (Å²) in [6, 6.07) is 9.68. The molecule has 0 spiro atoms. The van der Waals surface area contributed by atoms with E-state index in [0.29, 0.717) is 19.4 Å². The Labute approximate surface area is 140 Å². The monoisotopic (exact) mass is 331 g/mol. The average Bonchev–Trinajstić information content (AvgIpc) is 2.53. The maximum Gasteiger partial charge on any atom is 0.270 e. The minimum Gasteiger partial charge on any atom is -0.224 e. The van der Waals surface area contributed by atoms with E-state index in [9.17, 15) is 8.42 Å². The molecule has 0 N–H and O–H groups in total. The Morgan fingerprint density at radius 3 is 2.57 bits per heavy atom. The van der Waals surface area contributed by atoms with Gasteiger partial charge in [-0.25, -0.2) is 12.7 Å². The van der Waals surface area contributed by atoms with Gasteiger partial charge >= 0.3 is 0 Å². The number of unbranched alkanes of at least 4 members (excludes halogenated alkanes) is 2. The zero-order valence-corrected chi connectivity index (χ0v) is 14.8. The van der Waals surface area contributed by atoms with Crippen LogP contribution in [0.4, 0.5) is 0 Å². The predicted molar refractivity (Wildman–Crippen MR) is 96.3 cm³/mol. The number of sulfonamides is 1. The molecule has 0 amide bonds. The van der Waals surface area contributed by atoms with Crippen molar-refractivity contribution in [2.75, 3.05) is 6.54 Å². The molecule has 0 aliphatic rings. The summed E-state index contributed by atoms with van der Waals surface area (Å²) in [5, 5.41) is 0. The van der Waals surface area contributed by atoms with Gasteiger partial charge < -0.3 is 0 Å². The number of allylic oxidation sites excluding steroid dienone is 2. The highest BCUT2D eigenvalue weighted by molar-refractivity contribution is 7.89. The Bertz CT molecular complexity index is 676. The van der Waals surface area contributed by atoms with Crippen LogP contribution < -0.4 is 0 Å². The van der Waals surface area contributed by atoms with E-state index in [1.54, 1.807) is 36.4 Å². The molecule has 0 aliphatic heterocycles. The third kappa shape index (κ3) is 6.33. The van der Waals surface area contributed by atoms with Gasteiger partial charge in [0.2, 0.25) is 0 Å². The highest BCUT2D eigenvalue weighted by Gasteiger charge is 2.21. The van der Waals surface area contributed by atoms with Crippen LogP contribution in [0, 0.1) is 18.9 Å². The molecule has 0 heterocycles. The van der Waals surface area contributed by atoms with Gasteiger partial charge in [0.05, 0.1) is 4.90 Å². The van der Waals surface area contributed by atoms with Crippen molar-refractivity contribution in [3.63, 3.8) is 0 Å². The average molecular weight is 331 g/mol. The number of hydrogen-bond donors (Lipinski definition) is 0. The van der Waals surface area contributed by atoms with Crippen molar-refractivity contribution in [3.8, 4) is 12.0 Å². The van der Waals surface area contributed by atoms with Gasteiger partial charge in [0.25, 0.3) is 10.0 Å². The summed E-state index contributed by atoms with van der Waals surface area (Å²) >= 11 is 0. The summed E-state index contributed by atoms with van der Waals surface area (Å²) in [5.74, 6) is 2.97. The minimum absolute atomic E-state index is 0.278. The second-order valence-electron chi connectivity index (χ2n) is 5.23. The van der Waals surface area contributed by atoms with Crippen LogP contribution >= 0.6 is 0 Å². The van der Waals surface area contributed by atoms with Crippen LogP contribution in [0.25, 0.3) is 0 Å². The molecule has 1 aromatic carbocycles. The van der Waals surface area contributed by atoms with Crippen LogP contribution in [-0.4, -0.2) is 19.3 Å². The predicted octanol–water partition coefficient (Wildman–Crippen LogP) is 4.27. The van der Waals surface area contributed by atoms with Gasteiger partial charge in [-0.15, -0.1) is 0 Å². The zero-order valence-electron chi connectivity index (χ0n) is 14.0. The first kappa shape index (κ1) is 19.1. The molecule has 1 aromatic rings. The molecule has 4 heteroatoms. The first-order chi connectivity index (χ1) is 11.0. The fourth-order valence-corrected chi connectivity index (χ4v) is 3.13. The summed E-state index contributed by atoms with van der Waals surface area (Å²) in [6.07, 6.45) is 8.69. The third-order valence-electron chi connectivity index (χ3n) is 3.24. The van der Waals surface area contributed by atoms with Crippen molar-refractivity contribution in [1.29, 1.82) is 0 Å². The quantitative estimate of drug-likeness (QED) is 0.309. The van der Waals surface area contributed by atoms with Gasteiger partial charge in [0.1, 0.15) is 0 Å². The van der Waals surface area contributed by atoms with E-state index < -0.39 is 10.0 Å². The Kier molecular flexibility index (Phi) is 8.21. The van der Waals surface area contributed by atoms with Crippen LogP contribution in [0.2, 0.25) is 0 Å². The number of nitrogens with zero attached hydrogens (tertiary/aromatic N) is 1. The number of benzene rings is 1. The van der Waals surface area contributed by atoms with Crippen LogP contribution in [0.1, 0.15) is 38.2 Å².